The highest BCUT2D eigenvalue weighted by molar-refractivity contribution is 14.1. The molecule has 0 spiro atoms. The molecule has 3 rings (SSSR count). The molecule has 1 N–H and O–H groups in total. The summed E-state index contributed by atoms with van der Waals surface area (Å²) in [6.45, 7) is 0.854. The molecule has 1 aliphatic carbocycles. The minimum Gasteiger partial charge on any atom is -0.308 e. The number of nitrogens with zero attached hydrogens (tertiary/aromatic N) is 2. The molecule has 1 aliphatic rings. The molecule has 0 atom stereocenters. The summed E-state index contributed by atoms with van der Waals surface area (Å²) in [6, 6.07) is 9.11. The molecule has 0 unspecified atom stereocenters. The molecule has 0 amide bonds. The molecular weight excluding hydrogens is 345 g/mol. The molecule has 88 valence electrons. The van der Waals surface area contributed by atoms with Crippen molar-refractivity contribution < 1.29 is 0 Å². The molecule has 0 saturated heterocycles. The normalized spacial score (nSPS) is 15.1. The van der Waals surface area contributed by atoms with E-state index in [1.165, 1.54) is 16.4 Å². The van der Waals surface area contributed by atoms with Gasteiger partial charge in [0.05, 0.1) is 0 Å². The molecule has 3 nitrogen and oxygen atoms in total. The predicted molar refractivity (Wildman–Crippen MR) is 77.9 cm³/mol. The van der Waals surface area contributed by atoms with Crippen molar-refractivity contribution in [2.45, 2.75) is 25.4 Å². The van der Waals surface area contributed by atoms with Gasteiger partial charge in [-0.05, 0) is 47.6 Å². The SMILES string of the molecule is Ic1ccc(-c2nnc(CNC3CC3)s2)cc1. The first-order valence-corrected chi connectivity index (χ1v) is 7.52. The molecule has 17 heavy (non-hydrogen) atoms. The van der Waals surface area contributed by atoms with Gasteiger partial charge in [0.1, 0.15) is 10.0 Å². The third-order valence-corrected chi connectivity index (χ3v) is 4.37. The fraction of sp³-hybridized carbons (Fsp3) is 0.333. The first-order chi connectivity index (χ1) is 8.31. The van der Waals surface area contributed by atoms with E-state index in [4.69, 9.17) is 0 Å². The van der Waals surface area contributed by atoms with Gasteiger partial charge in [-0.3, -0.25) is 0 Å². The Hall–Kier alpha value is -0.530. The van der Waals surface area contributed by atoms with E-state index in [0.717, 1.165) is 28.2 Å². The lowest BCUT2D eigenvalue weighted by Crippen LogP contribution is -2.14. The van der Waals surface area contributed by atoms with Crippen LogP contribution in [0.3, 0.4) is 0 Å². The number of hydrogen-bond donors (Lipinski definition) is 1. The molecule has 1 saturated carbocycles. The summed E-state index contributed by atoms with van der Waals surface area (Å²) in [6.07, 6.45) is 2.62. The van der Waals surface area contributed by atoms with Crippen LogP contribution in [-0.4, -0.2) is 16.2 Å². The first kappa shape index (κ1) is 11.6. The summed E-state index contributed by atoms with van der Waals surface area (Å²) < 4.78 is 1.24. The van der Waals surface area contributed by atoms with Crippen molar-refractivity contribution in [3.8, 4) is 10.6 Å². The van der Waals surface area contributed by atoms with E-state index >= 15 is 0 Å². The van der Waals surface area contributed by atoms with E-state index in [9.17, 15) is 0 Å². The van der Waals surface area contributed by atoms with Gasteiger partial charge >= 0.3 is 0 Å². The van der Waals surface area contributed by atoms with Crippen LogP contribution in [0.15, 0.2) is 24.3 Å². The van der Waals surface area contributed by atoms with Gasteiger partial charge in [-0.2, -0.15) is 0 Å². The van der Waals surface area contributed by atoms with Gasteiger partial charge in [-0.25, -0.2) is 0 Å². The van der Waals surface area contributed by atoms with Crippen LogP contribution >= 0.6 is 33.9 Å². The highest BCUT2D eigenvalue weighted by Gasteiger charge is 2.20. The summed E-state index contributed by atoms with van der Waals surface area (Å²) in [5.74, 6) is 0. The zero-order valence-electron chi connectivity index (χ0n) is 9.19. The van der Waals surface area contributed by atoms with Crippen molar-refractivity contribution in [2.24, 2.45) is 0 Å². The van der Waals surface area contributed by atoms with Gasteiger partial charge in [0, 0.05) is 21.7 Å². The van der Waals surface area contributed by atoms with Crippen molar-refractivity contribution in [3.63, 3.8) is 0 Å². The van der Waals surface area contributed by atoms with Gasteiger partial charge < -0.3 is 5.32 Å². The van der Waals surface area contributed by atoms with Gasteiger partial charge in [-0.15, -0.1) is 10.2 Å². The van der Waals surface area contributed by atoms with Crippen molar-refractivity contribution in [1.29, 1.82) is 0 Å². The Morgan fingerprint density at radius 1 is 1.24 bits per heavy atom. The summed E-state index contributed by atoms with van der Waals surface area (Å²) >= 11 is 3.98. The predicted octanol–water partition coefficient (Wildman–Crippen LogP) is 3.06. The molecular formula is C12H12IN3S. The van der Waals surface area contributed by atoms with E-state index in [1.54, 1.807) is 11.3 Å². The maximum atomic E-state index is 4.24. The van der Waals surface area contributed by atoms with E-state index < -0.39 is 0 Å². The minimum atomic E-state index is 0.723. The number of aromatic nitrogens is 2. The average molecular weight is 357 g/mol. The second-order valence-corrected chi connectivity index (χ2v) is 6.47. The lowest BCUT2D eigenvalue weighted by molar-refractivity contribution is 0.679. The first-order valence-electron chi connectivity index (χ1n) is 5.63. The quantitative estimate of drug-likeness (QED) is 0.855. The number of halogens is 1. The molecule has 1 heterocycles. The molecule has 1 aromatic carbocycles. The van der Waals surface area contributed by atoms with Crippen molar-refractivity contribution in [3.05, 3.63) is 32.8 Å². The zero-order valence-corrected chi connectivity index (χ0v) is 12.2. The Kier molecular flexibility index (Phi) is 3.39. The van der Waals surface area contributed by atoms with Crippen LogP contribution in [0.5, 0.6) is 0 Å². The molecule has 5 heteroatoms. The maximum absolute atomic E-state index is 4.24. The summed E-state index contributed by atoms with van der Waals surface area (Å²) in [7, 11) is 0. The average Bonchev–Trinajstić information content (AvgIpc) is 3.06. The van der Waals surface area contributed by atoms with Crippen LogP contribution in [0.1, 0.15) is 17.8 Å². The fourth-order valence-corrected chi connectivity index (χ4v) is 2.71. The van der Waals surface area contributed by atoms with Crippen molar-refractivity contribution in [2.75, 3.05) is 0 Å². The summed E-state index contributed by atoms with van der Waals surface area (Å²) in [5.41, 5.74) is 1.15. The van der Waals surface area contributed by atoms with Gasteiger partial charge in [0.15, 0.2) is 0 Å². The fourth-order valence-electron chi connectivity index (χ4n) is 1.55. The Labute approximate surface area is 118 Å². The van der Waals surface area contributed by atoms with E-state index in [2.05, 4.69) is 62.4 Å². The third-order valence-electron chi connectivity index (χ3n) is 2.68. The Morgan fingerprint density at radius 2 is 2.00 bits per heavy atom. The second-order valence-electron chi connectivity index (χ2n) is 4.16. The molecule has 1 fully saturated rings. The van der Waals surface area contributed by atoms with E-state index in [0.29, 0.717) is 0 Å². The zero-order chi connectivity index (χ0) is 11.7. The molecule has 1 aromatic heterocycles. The third kappa shape index (κ3) is 3.02. The highest BCUT2D eigenvalue weighted by atomic mass is 127. The van der Waals surface area contributed by atoms with Crippen LogP contribution in [0.2, 0.25) is 0 Å². The molecule has 0 aliphatic heterocycles. The lowest BCUT2D eigenvalue weighted by Gasteiger charge is -1.96. The molecule has 2 aromatic rings. The smallest absolute Gasteiger partial charge is 0.147 e. The van der Waals surface area contributed by atoms with Crippen LogP contribution in [0.4, 0.5) is 0 Å². The monoisotopic (exact) mass is 357 g/mol. The van der Waals surface area contributed by atoms with E-state index in [-0.39, 0.29) is 0 Å². The maximum Gasteiger partial charge on any atom is 0.147 e. The van der Waals surface area contributed by atoms with Crippen LogP contribution < -0.4 is 5.32 Å². The van der Waals surface area contributed by atoms with Crippen LogP contribution in [0, 0.1) is 3.57 Å². The number of benzene rings is 1. The largest absolute Gasteiger partial charge is 0.308 e. The summed E-state index contributed by atoms with van der Waals surface area (Å²) in [5, 5.41) is 14.0. The van der Waals surface area contributed by atoms with Crippen LogP contribution in [0.25, 0.3) is 10.6 Å². The Bertz CT molecular complexity index is 505. The Balaban J connectivity index is 1.72. The molecule has 0 radical (unpaired) electrons. The van der Waals surface area contributed by atoms with Gasteiger partial charge in [-0.1, -0.05) is 23.5 Å². The molecule has 0 bridgehead atoms. The van der Waals surface area contributed by atoms with Crippen molar-refractivity contribution >= 4 is 33.9 Å². The van der Waals surface area contributed by atoms with Gasteiger partial charge in [0.2, 0.25) is 0 Å². The second kappa shape index (κ2) is 4.99. The van der Waals surface area contributed by atoms with Gasteiger partial charge in [0.25, 0.3) is 0 Å². The standard InChI is InChI=1S/C12H12IN3S/c13-9-3-1-8(2-4-9)12-16-15-11(17-12)7-14-10-5-6-10/h1-4,10,14H,5-7H2. The van der Waals surface area contributed by atoms with E-state index in [1.807, 2.05) is 0 Å². The van der Waals surface area contributed by atoms with Crippen LogP contribution in [-0.2, 0) is 6.54 Å². The number of nitrogens with one attached hydrogen (secondary N) is 1. The Morgan fingerprint density at radius 3 is 2.71 bits per heavy atom. The summed E-state index contributed by atoms with van der Waals surface area (Å²) in [4.78, 5) is 0. The number of hydrogen-bond acceptors (Lipinski definition) is 4. The lowest BCUT2D eigenvalue weighted by atomic mass is 10.2. The number of rotatable bonds is 4. The van der Waals surface area contributed by atoms with Crippen molar-refractivity contribution in [1.82, 2.24) is 15.5 Å². The minimum absolute atomic E-state index is 0.723. The topological polar surface area (TPSA) is 37.8 Å². The highest BCUT2D eigenvalue weighted by Crippen LogP contribution is 2.25.